The minimum absolute atomic E-state index is 0.0527. The van der Waals surface area contributed by atoms with Gasteiger partial charge in [0.1, 0.15) is 0 Å². The smallest absolute Gasteiger partial charge is 0.246 e. The average molecular weight is 269 g/mol. The summed E-state index contributed by atoms with van der Waals surface area (Å²) in [5.74, 6) is 0.0527. The molecule has 0 saturated carbocycles. The number of nitrogens with zero attached hydrogens (tertiary/aromatic N) is 3. The van der Waals surface area contributed by atoms with Gasteiger partial charge < -0.3 is 4.90 Å². The molecule has 0 aliphatic carbocycles. The molecule has 18 heavy (non-hydrogen) atoms. The van der Waals surface area contributed by atoms with Crippen molar-refractivity contribution >= 4 is 18.5 Å². The van der Waals surface area contributed by atoms with E-state index in [0.29, 0.717) is 6.04 Å². The first-order valence-electron chi connectivity index (χ1n) is 6.54. The zero-order valence-electron chi connectivity index (χ0n) is 11.3. The first-order chi connectivity index (χ1) is 8.41. The molecule has 0 aromatic rings. The fourth-order valence-electron chi connectivity index (χ4n) is 2.78. The summed E-state index contributed by atoms with van der Waals surface area (Å²) in [5, 5.41) is 0. The van der Waals surface area contributed by atoms with Crippen molar-refractivity contribution in [2.45, 2.75) is 24.8 Å². The van der Waals surface area contributed by atoms with Gasteiger partial charge >= 0.3 is 0 Å². The zero-order valence-corrected chi connectivity index (χ0v) is 12.2. The third kappa shape index (κ3) is 2.90. The number of rotatable bonds is 2. The molecule has 4 nitrogen and oxygen atoms in total. The van der Waals surface area contributed by atoms with Crippen LogP contribution in [0.3, 0.4) is 0 Å². The molecule has 2 aliphatic rings. The Bertz CT molecular complexity index is 340. The van der Waals surface area contributed by atoms with E-state index >= 15 is 0 Å². The standard InChI is InChI=1S/C13H23N3OS/c1-4-12(17)15-6-5-14-7-8-16(13(2,3)18)10-11(14)9-15/h4,11,18H,1,5-10H2,2-3H3. The SMILES string of the molecule is C=CC(=O)N1CCN2CCN(C(C)(C)S)CC2C1. The van der Waals surface area contributed by atoms with Crippen molar-refractivity contribution < 1.29 is 4.79 Å². The molecule has 2 heterocycles. The average Bonchev–Trinajstić information content (AvgIpc) is 2.35. The van der Waals surface area contributed by atoms with Crippen LogP contribution in [-0.4, -0.2) is 70.8 Å². The van der Waals surface area contributed by atoms with Gasteiger partial charge in [0.25, 0.3) is 0 Å². The molecule has 102 valence electrons. The maximum atomic E-state index is 11.7. The third-order valence-corrected chi connectivity index (χ3v) is 4.24. The molecule has 0 spiro atoms. The molecule has 2 fully saturated rings. The first-order valence-corrected chi connectivity index (χ1v) is 6.99. The van der Waals surface area contributed by atoms with Crippen LogP contribution in [0.4, 0.5) is 0 Å². The Kier molecular flexibility index (Phi) is 4.04. The number of hydrogen-bond acceptors (Lipinski definition) is 4. The molecule has 0 bridgehead atoms. The topological polar surface area (TPSA) is 26.8 Å². The molecule has 1 unspecified atom stereocenters. The van der Waals surface area contributed by atoms with Crippen molar-refractivity contribution in [2.75, 3.05) is 39.3 Å². The number of thiol groups is 1. The minimum atomic E-state index is -0.0865. The summed E-state index contributed by atoms with van der Waals surface area (Å²) in [6, 6.07) is 0.433. The summed E-state index contributed by atoms with van der Waals surface area (Å²) >= 11 is 4.65. The van der Waals surface area contributed by atoms with Gasteiger partial charge in [-0.3, -0.25) is 14.6 Å². The summed E-state index contributed by atoms with van der Waals surface area (Å²) < 4.78 is 0. The molecular weight excluding hydrogens is 246 g/mol. The number of hydrogen-bond donors (Lipinski definition) is 1. The Morgan fingerprint density at radius 1 is 1.28 bits per heavy atom. The quantitative estimate of drug-likeness (QED) is 0.589. The van der Waals surface area contributed by atoms with E-state index in [4.69, 9.17) is 0 Å². The monoisotopic (exact) mass is 269 g/mol. The van der Waals surface area contributed by atoms with E-state index < -0.39 is 0 Å². The minimum Gasteiger partial charge on any atom is -0.336 e. The molecule has 0 aromatic carbocycles. The Morgan fingerprint density at radius 2 is 1.94 bits per heavy atom. The molecular formula is C13H23N3OS. The largest absolute Gasteiger partial charge is 0.336 e. The van der Waals surface area contributed by atoms with Crippen LogP contribution in [0.5, 0.6) is 0 Å². The van der Waals surface area contributed by atoms with E-state index in [-0.39, 0.29) is 10.8 Å². The fraction of sp³-hybridized carbons (Fsp3) is 0.769. The van der Waals surface area contributed by atoms with Crippen LogP contribution in [0.1, 0.15) is 13.8 Å². The Balaban J connectivity index is 2.00. The van der Waals surface area contributed by atoms with E-state index in [0.717, 1.165) is 39.3 Å². The van der Waals surface area contributed by atoms with Crippen LogP contribution < -0.4 is 0 Å². The maximum absolute atomic E-state index is 11.7. The number of amides is 1. The number of fused-ring (bicyclic) bond motifs is 1. The molecule has 0 radical (unpaired) electrons. The molecule has 5 heteroatoms. The molecule has 1 amide bonds. The van der Waals surface area contributed by atoms with Gasteiger partial charge in [0.2, 0.25) is 5.91 Å². The molecule has 2 rings (SSSR count). The van der Waals surface area contributed by atoms with Crippen molar-refractivity contribution in [1.82, 2.24) is 14.7 Å². The summed E-state index contributed by atoms with van der Waals surface area (Å²) in [6.45, 7) is 13.5. The van der Waals surface area contributed by atoms with Gasteiger partial charge in [-0.2, -0.15) is 12.6 Å². The highest BCUT2D eigenvalue weighted by atomic mass is 32.1. The van der Waals surface area contributed by atoms with E-state index in [1.165, 1.54) is 6.08 Å². The van der Waals surface area contributed by atoms with Gasteiger partial charge in [-0.15, -0.1) is 0 Å². The molecule has 0 N–H and O–H groups in total. The first kappa shape index (κ1) is 13.9. The van der Waals surface area contributed by atoms with Crippen LogP contribution in [-0.2, 0) is 4.79 Å². The molecule has 2 saturated heterocycles. The second-order valence-electron chi connectivity index (χ2n) is 5.62. The van der Waals surface area contributed by atoms with Crippen LogP contribution in [0, 0.1) is 0 Å². The predicted molar refractivity (Wildman–Crippen MR) is 76.8 cm³/mol. The lowest BCUT2D eigenvalue weighted by atomic mass is 10.1. The normalized spacial score (nSPS) is 26.8. The number of piperazine rings is 2. The summed E-state index contributed by atoms with van der Waals surface area (Å²) in [6.07, 6.45) is 1.42. The Hall–Kier alpha value is -0.520. The van der Waals surface area contributed by atoms with E-state index in [9.17, 15) is 4.79 Å². The summed E-state index contributed by atoms with van der Waals surface area (Å²) in [7, 11) is 0. The van der Waals surface area contributed by atoms with E-state index in [1.54, 1.807) is 0 Å². The Morgan fingerprint density at radius 3 is 2.56 bits per heavy atom. The predicted octanol–water partition coefficient (Wildman–Crippen LogP) is 0.667. The molecule has 1 atom stereocenters. The van der Waals surface area contributed by atoms with Crippen molar-refractivity contribution in [3.8, 4) is 0 Å². The van der Waals surface area contributed by atoms with Gasteiger partial charge in [0.15, 0.2) is 0 Å². The van der Waals surface area contributed by atoms with Crippen molar-refractivity contribution in [3.63, 3.8) is 0 Å². The summed E-state index contributed by atoms with van der Waals surface area (Å²) in [5.41, 5.74) is 0. The lowest BCUT2D eigenvalue weighted by Crippen LogP contribution is -2.64. The van der Waals surface area contributed by atoms with Crippen LogP contribution >= 0.6 is 12.6 Å². The molecule has 0 aromatic heterocycles. The van der Waals surface area contributed by atoms with Crippen LogP contribution in [0.2, 0.25) is 0 Å². The highest BCUT2D eigenvalue weighted by molar-refractivity contribution is 7.81. The van der Waals surface area contributed by atoms with Crippen LogP contribution in [0.15, 0.2) is 12.7 Å². The van der Waals surface area contributed by atoms with Crippen LogP contribution in [0.25, 0.3) is 0 Å². The van der Waals surface area contributed by atoms with Gasteiger partial charge in [0, 0.05) is 45.3 Å². The fourth-order valence-corrected chi connectivity index (χ4v) is 2.96. The lowest BCUT2D eigenvalue weighted by molar-refractivity contribution is -0.130. The van der Waals surface area contributed by atoms with E-state index in [1.807, 2.05) is 4.90 Å². The second-order valence-corrected chi connectivity index (χ2v) is 6.71. The number of carbonyl (C=O) groups is 1. The van der Waals surface area contributed by atoms with Crippen molar-refractivity contribution in [2.24, 2.45) is 0 Å². The lowest BCUT2D eigenvalue weighted by Gasteiger charge is -2.50. The molecule has 2 aliphatic heterocycles. The number of carbonyl (C=O) groups excluding carboxylic acids is 1. The van der Waals surface area contributed by atoms with Gasteiger partial charge in [0.05, 0.1) is 4.87 Å². The maximum Gasteiger partial charge on any atom is 0.246 e. The highest BCUT2D eigenvalue weighted by Gasteiger charge is 2.36. The van der Waals surface area contributed by atoms with Crippen molar-refractivity contribution in [1.29, 1.82) is 0 Å². The zero-order chi connectivity index (χ0) is 13.3. The summed E-state index contributed by atoms with van der Waals surface area (Å²) in [4.78, 5) is 18.4. The van der Waals surface area contributed by atoms with E-state index in [2.05, 4.69) is 42.9 Å². The van der Waals surface area contributed by atoms with Crippen molar-refractivity contribution in [3.05, 3.63) is 12.7 Å². The van der Waals surface area contributed by atoms with Gasteiger partial charge in [-0.05, 0) is 19.9 Å². The van der Waals surface area contributed by atoms with Gasteiger partial charge in [-0.1, -0.05) is 6.58 Å². The highest BCUT2D eigenvalue weighted by Crippen LogP contribution is 2.24. The third-order valence-electron chi connectivity index (χ3n) is 3.95. The second kappa shape index (κ2) is 5.23. The Labute approximate surface area is 115 Å². The van der Waals surface area contributed by atoms with Gasteiger partial charge in [-0.25, -0.2) is 0 Å².